The Bertz CT molecular complexity index is 574. The van der Waals surface area contributed by atoms with E-state index in [1.165, 1.54) is 12.1 Å². The summed E-state index contributed by atoms with van der Waals surface area (Å²) >= 11 is 11.6. The molecule has 5 heteroatoms. The maximum absolute atomic E-state index is 13.4. The molecule has 0 amide bonds. The Morgan fingerprint density at radius 2 is 1.90 bits per heavy atom. The standard InChI is InChI=1S/C15H16Cl2FNO/c1-3-19-9(2)6-11-4-5-14(20-11)10-7-12(16)15(18)13(17)8-10/h4-5,7-9,19H,3,6H2,1-2H3. The summed E-state index contributed by atoms with van der Waals surface area (Å²) in [6.07, 6.45) is 0.788. The van der Waals surface area contributed by atoms with Crippen LogP contribution in [-0.4, -0.2) is 12.6 Å². The molecule has 0 aliphatic carbocycles. The summed E-state index contributed by atoms with van der Waals surface area (Å²) in [5.74, 6) is 0.891. The Balaban J connectivity index is 2.20. The van der Waals surface area contributed by atoms with E-state index in [9.17, 15) is 4.39 Å². The zero-order valence-corrected chi connectivity index (χ0v) is 12.9. The zero-order valence-electron chi connectivity index (χ0n) is 11.3. The maximum atomic E-state index is 13.4. The fourth-order valence-electron chi connectivity index (χ4n) is 2.06. The first kappa shape index (κ1) is 15.4. The maximum Gasteiger partial charge on any atom is 0.160 e. The Morgan fingerprint density at radius 3 is 2.50 bits per heavy atom. The fraction of sp³-hybridized carbons (Fsp3) is 0.333. The molecule has 0 fully saturated rings. The molecule has 1 aromatic heterocycles. The first-order valence-corrected chi connectivity index (χ1v) is 7.23. The number of benzene rings is 1. The SMILES string of the molecule is CCNC(C)Cc1ccc(-c2cc(Cl)c(F)c(Cl)c2)o1. The minimum absolute atomic E-state index is 0.00790. The van der Waals surface area contributed by atoms with Crippen LogP contribution in [0.4, 0.5) is 4.39 Å². The molecule has 1 aromatic carbocycles. The molecule has 0 radical (unpaired) electrons. The van der Waals surface area contributed by atoms with Crippen molar-refractivity contribution in [2.24, 2.45) is 0 Å². The van der Waals surface area contributed by atoms with Crippen LogP contribution < -0.4 is 5.32 Å². The minimum atomic E-state index is -0.607. The van der Waals surface area contributed by atoms with Crippen LogP contribution in [0.25, 0.3) is 11.3 Å². The van der Waals surface area contributed by atoms with Crippen LogP contribution in [-0.2, 0) is 6.42 Å². The number of halogens is 3. The van der Waals surface area contributed by atoms with Gasteiger partial charge in [-0.2, -0.15) is 0 Å². The molecule has 2 rings (SSSR count). The van der Waals surface area contributed by atoms with Gasteiger partial charge in [-0.15, -0.1) is 0 Å². The lowest BCUT2D eigenvalue weighted by Crippen LogP contribution is -2.27. The highest BCUT2D eigenvalue weighted by Crippen LogP contribution is 2.31. The van der Waals surface area contributed by atoms with E-state index in [2.05, 4.69) is 19.2 Å². The second-order valence-electron chi connectivity index (χ2n) is 4.68. The van der Waals surface area contributed by atoms with Crippen LogP contribution in [0.3, 0.4) is 0 Å². The molecule has 0 aliphatic rings. The van der Waals surface area contributed by atoms with Crippen molar-refractivity contribution >= 4 is 23.2 Å². The summed E-state index contributed by atoms with van der Waals surface area (Å²) in [5, 5.41) is 3.30. The van der Waals surface area contributed by atoms with E-state index in [-0.39, 0.29) is 10.0 Å². The van der Waals surface area contributed by atoms with Crippen molar-refractivity contribution in [3.05, 3.63) is 45.9 Å². The summed E-state index contributed by atoms with van der Waals surface area (Å²) in [6.45, 7) is 5.07. The van der Waals surface area contributed by atoms with E-state index in [1.807, 2.05) is 12.1 Å². The third kappa shape index (κ3) is 3.54. The molecule has 2 nitrogen and oxygen atoms in total. The van der Waals surface area contributed by atoms with Gasteiger partial charge in [0.2, 0.25) is 0 Å². The van der Waals surface area contributed by atoms with Crippen molar-refractivity contribution in [2.45, 2.75) is 26.3 Å². The van der Waals surface area contributed by atoms with E-state index in [0.717, 1.165) is 18.7 Å². The van der Waals surface area contributed by atoms with Gasteiger partial charge >= 0.3 is 0 Å². The molecule has 0 saturated carbocycles. The largest absolute Gasteiger partial charge is 0.461 e. The number of likely N-dealkylation sites (N-methyl/N-ethyl adjacent to an activating group) is 1. The van der Waals surface area contributed by atoms with Gasteiger partial charge in [0.1, 0.15) is 11.5 Å². The van der Waals surface area contributed by atoms with Gasteiger partial charge < -0.3 is 9.73 Å². The lowest BCUT2D eigenvalue weighted by Gasteiger charge is -2.09. The predicted octanol–water partition coefficient (Wildman–Crippen LogP) is 4.93. The van der Waals surface area contributed by atoms with Crippen LogP contribution in [0.15, 0.2) is 28.7 Å². The Hall–Kier alpha value is -1.03. The van der Waals surface area contributed by atoms with E-state index < -0.39 is 5.82 Å². The minimum Gasteiger partial charge on any atom is -0.461 e. The second-order valence-corrected chi connectivity index (χ2v) is 5.50. The molecule has 2 aromatic rings. The summed E-state index contributed by atoms with van der Waals surface area (Å²) < 4.78 is 19.1. The van der Waals surface area contributed by atoms with Crippen LogP contribution in [0, 0.1) is 5.82 Å². The average molecular weight is 316 g/mol. The van der Waals surface area contributed by atoms with Gasteiger partial charge in [-0.1, -0.05) is 30.1 Å². The van der Waals surface area contributed by atoms with Gasteiger partial charge in [-0.3, -0.25) is 0 Å². The van der Waals surface area contributed by atoms with Crippen molar-refractivity contribution < 1.29 is 8.81 Å². The highest BCUT2D eigenvalue weighted by molar-refractivity contribution is 6.35. The monoisotopic (exact) mass is 315 g/mol. The van der Waals surface area contributed by atoms with Gasteiger partial charge in [0.25, 0.3) is 0 Å². The molecular formula is C15H16Cl2FNO. The fourth-order valence-corrected chi connectivity index (χ4v) is 2.55. The van der Waals surface area contributed by atoms with Gasteiger partial charge in [0.05, 0.1) is 10.0 Å². The van der Waals surface area contributed by atoms with Crippen molar-refractivity contribution in [1.29, 1.82) is 0 Å². The topological polar surface area (TPSA) is 25.2 Å². The van der Waals surface area contributed by atoms with Crippen LogP contribution in [0.5, 0.6) is 0 Å². The van der Waals surface area contributed by atoms with Crippen molar-refractivity contribution in [2.75, 3.05) is 6.54 Å². The molecule has 20 heavy (non-hydrogen) atoms. The molecule has 108 valence electrons. The quantitative estimate of drug-likeness (QED) is 0.791. The highest BCUT2D eigenvalue weighted by Gasteiger charge is 2.12. The number of furan rings is 1. The van der Waals surface area contributed by atoms with E-state index in [1.54, 1.807) is 0 Å². The average Bonchev–Trinajstić information content (AvgIpc) is 2.84. The lowest BCUT2D eigenvalue weighted by molar-refractivity contribution is 0.470. The molecule has 0 spiro atoms. The molecule has 0 saturated heterocycles. The Labute approximate surface area is 127 Å². The normalized spacial score (nSPS) is 12.7. The molecule has 1 heterocycles. The van der Waals surface area contributed by atoms with E-state index >= 15 is 0 Å². The summed E-state index contributed by atoms with van der Waals surface area (Å²) in [7, 11) is 0. The van der Waals surface area contributed by atoms with Crippen LogP contribution in [0.1, 0.15) is 19.6 Å². The second kappa shape index (κ2) is 6.61. The lowest BCUT2D eigenvalue weighted by atomic mass is 10.1. The summed E-state index contributed by atoms with van der Waals surface area (Å²) in [4.78, 5) is 0. The first-order chi connectivity index (χ1) is 9.51. The number of nitrogens with one attached hydrogen (secondary N) is 1. The van der Waals surface area contributed by atoms with Gasteiger partial charge in [0.15, 0.2) is 5.82 Å². The number of rotatable bonds is 5. The first-order valence-electron chi connectivity index (χ1n) is 6.48. The van der Waals surface area contributed by atoms with Crippen molar-refractivity contribution in [3.8, 4) is 11.3 Å². The number of hydrogen-bond acceptors (Lipinski definition) is 2. The third-order valence-electron chi connectivity index (χ3n) is 2.99. The Kier molecular flexibility index (Phi) is 5.08. The molecular weight excluding hydrogens is 300 g/mol. The van der Waals surface area contributed by atoms with Crippen LogP contribution >= 0.6 is 23.2 Å². The summed E-state index contributed by atoms with van der Waals surface area (Å²) in [5.41, 5.74) is 0.670. The molecule has 1 N–H and O–H groups in total. The van der Waals surface area contributed by atoms with Crippen LogP contribution in [0.2, 0.25) is 10.0 Å². The van der Waals surface area contributed by atoms with Crippen molar-refractivity contribution in [3.63, 3.8) is 0 Å². The molecule has 0 bridgehead atoms. The Morgan fingerprint density at radius 1 is 1.25 bits per heavy atom. The molecule has 1 unspecified atom stereocenters. The zero-order chi connectivity index (χ0) is 14.7. The van der Waals surface area contributed by atoms with E-state index in [4.69, 9.17) is 27.6 Å². The third-order valence-corrected chi connectivity index (χ3v) is 3.54. The smallest absolute Gasteiger partial charge is 0.160 e. The van der Waals surface area contributed by atoms with Gasteiger partial charge in [-0.05, 0) is 37.7 Å². The van der Waals surface area contributed by atoms with Gasteiger partial charge in [-0.25, -0.2) is 4.39 Å². The number of hydrogen-bond donors (Lipinski definition) is 1. The van der Waals surface area contributed by atoms with E-state index in [0.29, 0.717) is 17.4 Å². The predicted molar refractivity (Wildman–Crippen MR) is 81.0 cm³/mol. The van der Waals surface area contributed by atoms with Crippen molar-refractivity contribution in [1.82, 2.24) is 5.32 Å². The molecule has 0 aliphatic heterocycles. The summed E-state index contributed by atoms with van der Waals surface area (Å²) in [6, 6.07) is 7.11. The highest BCUT2D eigenvalue weighted by atomic mass is 35.5. The molecule has 1 atom stereocenters. The van der Waals surface area contributed by atoms with Gasteiger partial charge in [0, 0.05) is 18.0 Å².